The van der Waals surface area contributed by atoms with E-state index in [9.17, 15) is 13.2 Å². The van der Waals surface area contributed by atoms with Crippen LogP contribution in [0, 0.1) is 5.92 Å². The fraction of sp³-hybridized carbons (Fsp3) is 0.625. The molecule has 0 amide bonds. The van der Waals surface area contributed by atoms with Crippen LogP contribution < -0.4 is 10.1 Å². The number of halogens is 3. The van der Waals surface area contributed by atoms with Crippen LogP contribution in [0.2, 0.25) is 0 Å². The normalized spacial score (nSPS) is 25.5. The molecule has 1 aliphatic rings. The minimum atomic E-state index is -4.63. The van der Waals surface area contributed by atoms with Gasteiger partial charge in [-0.25, -0.2) is 0 Å². The van der Waals surface area contributed by atoms with Gasteiger partial charge in [-0.2, -0.15) is 0 Å². The molecule has 1 aromatic carbocycles. The molecule has 1 fully saturated rings. The van der Waals surface area contributed by atoms with Crippen molar-refractivity contribution < 1.29 is 17.9 Å². The van der Waals surface area contributed by atoms with Gasteiger partial charge in [0.2, 0.25) is 0 Å². The highest BCUT2D eigenvalue weighted by Crippen LogP contribution is 2.45. The first-order valence-electron chi connectivity index (χ1n) is 7.53. The Kier molecular flexibility index (Phi) is 5.14. The van der Waals surface area contributed by atoms with Crippen molar-refractivity contribution in [3.05, 3.63) is 29.8 Å². The van der Waals surface area contributed by atoms with E-state index < -0.39 is 6.36 Å². The zero-order valence-corrected chi connectivity index (χ0v) is 12.4. The van der Waals surface area contributed by atoms with E-state index in [2.05, 4.69) is 23.9 Å². The lowest BCUT2D eigenvalue weighted by molar-refractivity contribution is -0.274. The molecular weight excluding hydrogens is 279 g/mol. The molecule has 118 valence electrons. The second-order valence-electron chi connectivity index (χ2n) is 5.60. The molecule has 1 aromatic rings. The second-order valence-corrected chi connectivity index (χ2v) is 5.60. The first kappa shape index (κ1) is 16.1. The molecule has 5 heteroatoms. The molecule has 1 saturated carbocycles. The van der Waals surface area contributed by atoms with Gasteiger partial charge in [-0.1, -0.05) is 32.4 Å². The van der Waals surface area contributed by atoms with Crippen LogP contribution in [-0.4, -0.2) is 18.9 Å². The van der Waals surface area contributed by atoms with Crippen molar-refractivity contribution >= 4 is 0 Å². The van der Waals surface area contributed by atoms with Crippen LogP contribution >= 0.6 is 0 Å². The monoisotopic (exact) mass is 301 g/mol. The standard InChI is InChI=1S/C16H22F3NO/c1-3-8-20-15-10-14(13(15)4-2)11-6-5-7-12(9-11)21-16(17,18)19/h5-7,9,13-15,20H,3-4,8,10H2,1-2H3. The van der Waals surface area contributed by atoms with Gasteiger partial charge in [-0.3, -0.25) is 0 Å². The molecule has 0 radical (unpaired) electrons. The summed E-state index contributed by atoms with van der Waals surface area (Å²) in [5.74, 6) is 0.679. The molecule has 0 aliphatic heterocycles. The lowest BCUT2D eigenvalue weighted by Crippen LogP contribution is -2.49. The summed E-state index contributed by atoms with van der Waals surface area (Å²) in [5, 5.41) is 3.51. The number of hydrogen-bond donors (Lipinski definition) is 1. The van der Waals surface area contributed by atoms with Crippen LogP contribution in [-0.2, 0) is 0 Å². The van der Waals surface area contributed by atoms with Crippen LogP contribution in [0.3, 0.4) is 0 Å². The van der Waals surface area contributed by atoms with Crippen molar-refractivity contribution in [2.75, 3.05) is 6.54 Å². The summed E-state index contributed by atoms with van der Waals surface area (Å²) in [6, 6.07) is 6.88. The summed E-state index contributed by atoms with van der Waals surface area (Å²) in [7, 11) is 0. The van der Waals surface area contributed by atoms with Crippen molar-refractivity contribution in [3.63, 3.8) is 0 Å². The van der Waals surface area contributed by atoms with Gasteiger partial charge in [-0.05, 0) is 48.9 Å². The molecule has 0 spiro atoms. The van der Waals surface area contributed by atoms with Gasteiger partial charge in [0.1, 0.15) is 5.75 Å². The third kappa shape index (κ3) is 4.13. The average molecular weight is 301 g/mol. The molecule has 2 rings (SSSR count). The van der Waals surface area contributed by atoms with Gasteiger partial charge in [0, 0.05) is 6.04 Å². The molecule has 2 nitrogen and oxygen atoms in total. The predicted molar refractivity (Wildman–Crippen MR) is 76.3 cm³/mol. The first-order valence-corrected chi connectivity index (χ1v) is 7.53. The van der Waals surface area contributed by atoms with Crippen LogP contribution in [0.25, 0.3) is 0 Å². The van der Waals surface area contributed by atoms with Crippen LogP contribution in [0.5, 0.6) is 5.75 Å². The molecular formula is C16H22F3NO. The largest absolute Gasteiger partial charge is 0.573 e. The number of alkyl halides is 3. The Hall–Kier alpha value is -1.23. The Morgan fingerprint density at radius 2 is 2.05 bits per heavy atom. The Morgan fingerprint density at radius 1 is 1.29 bits per heavy atom. The number of ether oxygens (including phenoxy) is 1. The number of nitrogens with one attached hydrogen (secondary N) is 1. The Labute approximate surface area is 123 Å². The summed E-state index contributed by atoms with van der Waals surface area (Å²) in [6.45, 7) is 5.25. The zero-order valence-electron chi connectivity index (χ0n) is 12.4. The molecule has 1 aliphatic carbocycles. The first-order chi connectivity index (χ1) is 9.94. The van der Waals surface area contributed by atoms with Gasteiger partial charge in [-0.15, -0.1) is 13.2 Å². The highest BCUT2D eigenvalue weighted by Gasteiger charge is 2.40. The van der Waals surface area contributed by atoms with Gasteiger partial charge in [0.05, 0.1) is 0 Å². The highest BCUT2D eigenvalue weighted by molar-refractivity contribution is 5.33. The Morgan fingerprint density at radius 3 is 2.67 bits per heavy atom. The van der Waals surface area contributed by atoms with E-state index in [1.165, 1.54) is 12.1 Å². The lowest BCUT2D eigenvalue weighted by atomic mass is 9.65. The van der Waals surface area contributed by atoms with Crippen molar-refractivity contribution in [1.82, 2.24) is 5.32 Å². The fourth-order valence-corrected chi connectivity index (χ4v) is 3.17. The summed E-state index contributed by atoms with van der Waals surface area (Å²) in [4.78, 5) is 0. The van der Waals surface area contributed by atoms with Crippen molar-refractivity contribution in [2.24, 2.45) is 5.92 Å². The number of rotatable bonds is 6. The van der Waals surface area contributed by atoms with Crippen LogP contribution in [0.4, 0.5) is 13.2 Å². The maximum atomic E-state index is 12.3. The molecule has 3 unspecified atom stereocenters. The Balaban J connectivity index is 2.04. The third-order valence-corrected chi connectivity index (χ3v) is 4.19. The molecule has 3 atom stereocenters. The molecule has 1 N–H and O–H groups in total. The summed E-state index contributed by atoms with van der Waals surface area (Å²) >= 11 is 0. The van der Waals surface area contributed by atoms with E-state index in [-0.39, 0.29) is 5.75 Å². The third-order valence-electron chi connectivity index (χ3n) is 4.19. The van der Waals surface area contributed by atoms with Crippen molar-refractivity contribution in [1.29, 1.82) is 0 Å². The maximum absolute atomic E-state index is 12.3. The molecule has 0 bridgehead atoms. The van der Waals surface area contributed by atoms with E-state index in [0.717, 1.165) is 31.4 Å². The minimum absolute atomic E-state index is 0.125. The van der Waals surface area contributed by atoms with E-state index in [0.29, 0.717) is 17.9 Å². The molecule has 0 heterocycles. The van der Waals surface area contributed by atoms with Crippen molar-refractivity contribution in [2.45, 2.75) is 51.4 Å². The Bertz CT molecular complexity index is 461. The van der Waals surface area contributed by atoms with Crippen molar-refractivity contribution in [3.8, 4) is 5.75 Å². The number of hydrogen-bond acceptors (Lipinski definition) is 2. The van der Waals surface area contributed by atoms with E-state index >= 15 is 0 Å². The molecule has 21 heavy (non-hydrogen) atoms. The summed E-state index contributed by atoms with van der Waals surface area (Å²) < 4.78 is 40.9. The van der Waals surface area contributed by atoms with E-state index in [1.807, 2.05) is 6.07 Å². The molecule has 0 saturated heterocycles. The van der Waals surface area contributed by atoms with Gasteiger partial charge in [0.25, 0.3) is 0 Å². The van der Waals surface area contributed by atoms with Gasteiger partial charge in [0.15, 0.2) is 0 Å². The fourth-order valence-electron chi connectivity index (χ4n) is 3.17. The minimum Gasteiger partial charge on any atom is -0.406 e. The van der Waals surface area contributed by atoms with Gasteiger partial charge >= 0.3 is 6.36 Å². The SMILES string of the molecule is CCCNC1CC(c2cccc(OC(F)(F)F)c2)C1CC. The average Bonchev–Trinajstić information content (AvgIpc) is 2.36. The number of benzene rings is 1. The van der Waals surface area contributed by atoms with E-state index in [1.54, 1.807) is 6.07 Å². The van der Waals surface area contributed by atoms with Crippen LogP contribution in [0.1, 0.15) is 44.6 Å². The summed E-state index contributed by atoms with van der Waals surface area (Å²) in [6.07, 6.45) is -1.54. The van der Waals surface area contributed by atoms with Gasteiger partial charge < -0.3 is 10.1 Å². The topological polar surface area (TPSA) is 21.3 Å². The highest BCUT2D eigenvalue weighted by atomic mass is 19.4. The lowest BCUT2D eigenvalue weighted by Gasteiger charge is -2.45. The maximum Gasteiger partial charge on any atom is 0.573 e. The second kappa shape index (κ2) is 6.69. The van der Waals surface area contributed by atoms with E-state index in [4.69, 9.17) is 0 Å². The quantitative estimate of drug-likeness (QED) is 0.837. The van der Waals surface area contributed by atoms with Crippen LogP contribution in [0.15, 0.2) is 24.3 Å². The predicted octanol–water partition coefficient (Wildman–Crippen LogP) is 4.47. The zero-order chi connectivity index (χ0) is 15.5. The summed E-state index contributed by atoms with van der Waals surface area (Å²) in [5.41, 5.74) is 0.943. The smallest absolute Gasteiger partial charge is 0.406 e. The molecule has 0 aromatic heterocycles.